The molecule has 1 unspecified atom stereocenters. The second kappa shape index (κ2) is 11.4. The first-order valence-electron chi connectivity index (χ1n) is 7.51. The van der Waals surface area contributed by atoms with E-state index < -0.39 is 12.6 Å². The van der Waals surface area contributed by atoms with E-state index in [0.717, 1.165) is 12.2 Å². The van der Waals surface area contributed by atoms with Crippen LogP contribution in [-0.2, 0) is 0 Å². The van der Waals surface area contributed by atoms with Gasteiger partial charge < -0.3 is 15.4 Å². The highest BCUT2D eigenvalue weighted by molar-refractivity contribution is 14.0. The minimum Gasteiger partial charge on any atom is -0.497 e. The van der Waals surface area contributed by atoms with Crippen molar-refractivity contribution >= 4 is 29.9 Å². The third kappa shape index (κ3) is 9.19. The summed E-state index contributed by atoms with van der Waals surface area (Å²) in [5.41, 5.74) is 1.19. The number of guanidine groups is 1. The SMILES string of the molecule is CN=C(NCCC(C)c1ccc(OC)cc1)NCCC(F)(F)F.I. The van der Waals surface area contributed by atoms with Gasteiger partial charge in [-0.15, -0.1) is 24.0 Å². The van der Waals surface area contributed by atoms with Gasteiger partial charge in [-0.25, -0.2) is 0 Å². The molecule has 8 heteroatoms. The fraction of sp³-hybridized carbons (Fsp3) is 0.562. The van der Waals surface area contributed by atoms with E-state index in [0.29, 0.717) is 18.4 Å². The van der Waals surface area contributed by atoms with Crippen molar-refractivity contribution in [3.63, 3.8) is 0 Å². The molecular weight excluding hydrogens is 434 g/mol. The molecule has 0 radical (unpaired) electrons. The van der Waals surface area contributed by atoms with Crippen molar-refractivity contribution in [2.75, 3.05) is 27.2 Å². The van der Waals surface area contributed by atoms with Crippen LogP contribution in [0.5, 0.6) is 5.75 Å². The lowest BCUT2D eigenvalue weighted by atomic mass is 9.98. The first-order chi connectivity index (χ1) is 10.9. The van der Waals surface area contributed by atoms with E-state index in [1.54, 1.807) is 7.11 Å². The molecule has 0 amide bonds. The molecule has 0 aliphatic heterocycles. The van der Waals surface area contributed by atoms with E-state index in [1.807, 2.05) is 24.3 Å². The van der Waals surface area contributed by atoms with Gasteiger partial charge in [-0.1, -0.05) is 19.1 Å². The number of hydrogen-bond donors (Lipinski definition) is 2. The summed E-state index contributed by atoms with van der Waals surface area (Å²) >= 11 is 0. The first-order valence-corrected chi connectivity index (χ1v) is 7.51. The van der Waals surface area contributed by atoms with Gasteiger partial charge in [-0.3, -0.25) is 4.99 Å². The van der Waals surface area contributed by atoms with Crippen molar-refractivity contribution in [2.45, 2.75) is 31.9 Å². The standard InChI is InChI=1S/C16H24F3N3O.HI/c1-12(13-4-6-14(23-3)7-5-13)8-10-21-15(20-2)22-11-9-16(17,18)19;/h4-7,12H,8-11H2,1-3H3,(H2,20,21,22);1H. The molecule has 4 nitrogen and oxygen atoms in total. The van der Waals surface area contributed by atoms with Crippen LogP contribution < -0.4 is 15.4 Å². The van der Waals surface area contributed by atoms with Crippen molar-refractivity contribution in [3.8, 4) is 5.75 Å². The quantitative estimate of drug-likeness (QED) is 0.369. The molecule has 24 heavy (non-hydrogen) atoms. The normalized spacial score (nSPS) is 13.0. The van der Waals surface area contributed by atoms with Gasteiger partial charge in [0.2, 0.25) is 0 Å². The van der Waals surface area contributed by atoms with Gasteiger partial charge in [0.25, 0.3) is 0 Å². The van der Waals surface area contributed by atoms with Gasteiger partial charge in [0, 0.05) is 20.1 Å². The average molecular weight is 459 g/mol. The maximum Gasteiger partial charge on any atom is 0.390 e. The van der Waals surface area contributed by atoms with Crippen LogP contribution in [0.25, 0.3) is 0 Å². The van der Waals surface area contributed by atoms with Gasteiger partial charge >= 0.3 is 6.18 Å². The highest BCUT2D eigenvalue weighted by atomic mass is 127. The zero-order valence-corrected chi connectivity index (χ0v) is 16.4. The molecule has 0 aliphatic rings. The summed E-state index contributed by atoms with van der Waals surface area (Å²) in [6, 6.07) is 7.85. The highest BCUT2D eigenvalue weighted by Gasteiger charge is 2.26. The monoisotopic (exact) mass is 459 g/mol. The van der Waals surface area contributed by atoms with Crippen LogP contribution in [0.1, 0.15) is 31.2 Å². The summed E-state index contributed by atoms with van der Waals surface area (Å²) < 4.78 is 41.4. The third-order valence-electron chi connectivity index (χ3n) is 3.48. The molecule has 1 rings (SSSR count). The number of rotatable bonds is 7. The Morgan fingerprint density at radius 3 is 2.25 bits per heavy atom. The number of aliphatic imine (C=N–C) groups is 1. The molecular formula is C16H25F3IN3O. The second-order valence-electron chi connectivity index (χ2n) is 5.25. The number of halogens is 4. The minimum absolute atomic E-state index is 0. The summed E-state index contributed by atoms with van der Waals surface area (Å²) in [6.07, 6.45) is -4.20. The Bertz CT molecular complexity index is 492. The van der Waals surface area contributed by atoms with Gasteiger partial charge in [0.1, 0.15) is 5.75 Å². The van der Waals surface area contributed by atoms with Gasteiger partial charge in [0.15, 0.2) is 5.96 Å². The molecule has 0 fully saturated rings. The molecule has 0 spiro atoms. The maximum absolute atomic E-state index is 12.1. The van der Waals surface area contributed by atoms with E-state index in [-0.39, 0.29) is 30.5 Å². The largest absolute Gasteiger partial charge is 0.497 e. The third-order valence-corrected chi connectivity index (χ3v) is 3.48. The van der Waals surface area contributed by atoms with Crippen LogP contribution >= 0.6 is 24.0 Å². The van der Waals surface area contributed by atoms with Crippen LogP contribution in [0.4, 0.5) is 13.2 Å². The van der Waals surface area contributed by atoms with E-state index in [1.165, 1.54) is 12.6 Å². The lowest BCUT2D eigenvalue weighted by molar-refractivity contribution is -0.132. The van der Waals surface area contributed by atoms with Crippen molar-refractivity contribution in [1.82, 2.24) is 10.6 Å². The number of nitrogens with zero attached hydrogens (tertiary/aromatic N) is 1. The lowest BCUT2D eigenvalue weighted by Crippen LogP contribution is -2.39. The van der Waals surface area contributed by atoms with Crippen molar-refractivity contribution in [2.24, 2.45) is 4.99 Å². The molecule has 1 aromatic carbocycles. The van der Waals surface area contributed by atoms with Crippen molar-refractivity contribution in [1.29, 1.82) is 0 Å². The van der Waals surface area contributed by atoms with E-state index >= 15 is 0 Å². The predicted molar refractivity (Wildman–Crippen MR) is 101 cm³/mol. The predicted octanol–water partition coefficient (Wildman–Crippen LogP) is 3.92. The molecule has 0 bridgehead atoms. The van der Waals surface area contributed by atoms with E-state index in [4.69, 9.17) is 4.74 Å². The number of ether oxygens (including phenoxy) is 1. The molecule has 0 saturated heterocycles. The Labute approximate surface area is 158 Å². The number of benzene rings is 1. The number of nitrogens with one attached hydrogen (secondary N) is 2. The maximum atomic E-state index is 12.1. The number of alkyl halides is 3. The molecule has 1 atom stereocenters. The van der Waals surface area contributed by atoms with Crippen LogP contribution in [0.2, 0.25) is 0 Å². The Balaban J connectivity index is 0.00000529. The van der Waals surface area contributed by atoms with Gasteiger partial charge in [-0.2, -0.15) is 13.2 Å². The molecule has 0 aromatic heterocycles. The minimum atomic E-state index is -4.16. The van der Waals surface area contributed by atoms with Gasteiger partial charge in [-0.05, 0) is 30.0 Å². The Morgan fingerprint density at radius 2 is 1.75 bits per heavy atom. The molecule has 0 heterocycles. The first kappa shape index (κ1) is 22.8. The molecule has 138 valence electrons. The zero-order valence-electron chi connectivity index (χ0n) is 14.1. The van der Waals surface area contributed by atoms with Crippen molar-refractivity contribution in [3.05, 3.63) is 29.8 Å². The fourth-order valence-electron chi connectivity index (χ4n) is 2.05. The van der Waals surface area contributed by atoms with E-state index in [2.05, 4.69) is 22.5 Å². The Hall–Kier alpha value is -1.19. The zero-order chi connectivity index (χ0) is 17.3. The van der Waals surface area contributed by atoms with E-state index in [9.17, 15) is 13.2 Å². The summed E-state index contributed by atoms with van der Waals surface area (Å²) in [4.78, 5) is 3.91. The Morgan fingerprint density at radius 1 is 1.17 bits per heavy atom. The van der Waals surface area contributed by atoms with Crippen LogP contribution in [0.3, 0.4) is 0 Å². The van der Waals surface area contributed by atoms with Crippen LogP contribution in [-0.4, -0.2) is 39.4 Å². The molecule has 0 saturated carbocycles. The number of methoxy groups -OCH3 is 1. The fourth-order valence-corrected chi connectivity index (χ4v) is 2.05. The topological polar surface area (TPSA) is 45.7 Å². The highest BCUT2D eigenvalue weighted by Crippen LogP contribution is 2.21. The molecule has 0 aliphatic carbocycles. The van der Waals surface area contributed by atoms with Crippen LogP contribution in [0, 0.1) is 0 Å². The summed E-state index contributed by atoms with van der Waals surface area (Å²) in [7, 11) is 3.16. The summed E-state index contributed by atoms with van der Waals surface area (Å²) in [6.45, 7) is 2.54. The van der Waals surface area contributed by atoms with Crippen molar-refractivity contribution < 1.29 is 17.9 Å². The average Bonchev–Trinajstić information content (AvgIpc) is 2.52. The smallest absolute Gasteiger partial charge is 0.390 e. The van der Waals surface area contributed by atoms with Gasteiger partial charge in [0.05, 0.1) is 13.5 Å². The molecule has 2 N–H and O–H groups in total. The summed E-state index contributed by atoms with van der Waals surface area (Å²) in [5.74, 6) is 1.52. The lowest BCUT2D eigenvalue weighted by Gasteiger charge is -2.16. The van der Waals surface area contributed by atoms with Crippen LogP contribution in [0.15, 0.2) is 29.3 Å². The second-order valence-corrected chi connectivity index (χ2v) is 5.25. The Kier molecular flexibility index (Phi) is 10.8. The summed E-state index contributed by atoms with van der Waals surface area (Å²) in [5, 5.41) is 5.68. The number of hydrogen-bond acceptors (Lipinski definition) is 2. The molecule has 1 aromatic rings.